The van der Waals surface area contributed by atoms with Crippen molar-refractivity contribution in [3.8, 4) is 0 Å². The first kappa shape index (κ1) is 14.8. The van der Waals surface area contributed by atoms with Crippen LogP contribution in [0.1, 0.15) is 77.6 Å². The smallest absolute Gasteiger partial charge is 0.0334 e. The summed E-state index contributed by atoms with van der Waals surface area (Å²) in [6.07, 6.45) is 15.7. The van der Waals surface area contributed by atoms with Gasteiger partial charge in [0.2, 0.25) is 0 Å². The van der Waals surface area contributed by atoms with Crippen LogP contribution in [0.3, 0.4) is 0 Å². The molecule has 0 radical (unpaired) electrons. The van der Waals surface area contributed by atoms with Crippen molar-refractivity contribution in [2.75, 3.05) is 13.1 Å². The van der Waals surface area contributed by atoms with Gasteiger partial charge in [-0.15, -0.1) is 0 Å². The molecule has 2 heteroatoms. The molecule has 0 aromatic rings. The van der Waals surface area contributed by atoms with E-state index >= 15 is 0 Å². The Morgan fingerprint density at radius 2 is 1.75 bits per heavy atom. The lowest BCUT2D eigenvalue weighted by Crippen LogP contribution is -2.61. The average molecular weight is 278 g/mol. The Kier molecular flexibility index (Phi) is 4.72. The zero-order valence-corrected chi connectivity index (χ0v) is 13.4. The first-order valence-electron chi connectivity index (χ1n) is 9.22. The van der Waals surface area contributed by atoms with Crippen molar-refractivity contribution in [2.45, 2.75) is 89.1 Å². The lowest BCUT2D eigenvalue weighted by molar-refractivity contribution is -0.0335. The second-order valence-corrected chi connectivity index (χ2v) is 7.91. The first-order chi connectivity index (χ1) is 9.75. The molecular formula is C18H34N2. The van der Waals surface area contributed by atoms with Gasteiger partial charge in [0.25, 0.3) is 0 Å². The van der Waals surface area contributed by atoms with Crippen LogP contribution in [0.4, 0.5) is 0 Å². The summed E-state index contributed by atoms with van der Waals surface area (Å²) in [5.74, 6) is 1.90. The molecule has 0 aromatic carbocycles. The van der Waals surface area contributed by atoms with E-state index in [-0.39, 0.29) is 0 Å². The Morgan fingerprint density at radius 3 is 2.60 bits per heavy atom. The molecule has 2 N–H and O–H groups in total. The molecule has 0 aromatic heterocycles. The molecule has 2 nitrogen and oxygen atoms in total. The van der Waals surface area contributed by atoms with Crippen molar-refractivity contribution >= 4 is 0 Å². The number of likely N-dealkylation sites (tertiary alicyclic amines) is 1. The number of rotatable bonds is 2. The molecule has 2 saturated carbocycles. The third kappa shape index (κ3) is 2.78. The molecule has 3 rings (SSSR count). The van der Waals surface area contributed by atoms with E-state index in [1.165, 1.54) is 77.2 Å². The second-order valence-electron chi connectivity index (χ2n) is 7.91. The Labute approximate surface area is 125 Å². The number of fused-ring (bicyclic) bond motifs is 1. The zero-order valence-electron chi connectivity index (χ0n) is 13.4. The Balaban J connectivity index is 1.79. The predicted molar refractivity (Wildman–Crippen MR) is 85.7 cm³/mol. The van der Waals surface area contributed by atoms with Gasteiger partial charge in [-0.25, -0.2) is 0 Å². The van der Waals surface area contributed by atoms with E-state index in [0.717, 1.165) is 24.4 Å². The summed E-state index contributed by atoms with van der Waals surface area (Å²) in [7, 11) is 0. The molecule has 20 heavy (non-hydrogen) atoms. The van der Waals surface area contributed by atoms with Crippen LogP contribution in [0, 0.1) is 11.8 Å². The minimum Gasteiger partial charge on any atom is -0.329 e. The van der Waals surface area contributed by atoms with Crippen LogP contribution >= 0.6 is 0 Å². The molecule has 4 unspecified atom stereocenters. The van der Waals surface area contributed by atoms with Crippen molar-refractivity contribution in [3.05, 3.63) is 0 Å². The van der Waals surface area contributed by atoms with Gasteiger partial charge in [0, 0.05) is 18.1 Å². The summed E-state index contributed by atoms with van der Waals surface area (Å²) in [6.45, 7) is 4.65. The molecule has 3 aliphatic rings. The number of hydrogen-bond donors (Lipinski definition) is 1. The van der Waals surface area contributed by atoms with Crippen molar-refractivity contribution < 1.29 is 0 Å². The quantitative estimate of drug-likeness (QED) is 0.775. The van der Waals surface area contributed by atoms with Gasteiger partial charge in [-0.1, -0.05) is 32.6 Å². The molecule has 116 valence electrons. The third-order valence-corrected chi connectivity index (χ3v) is 6.67. The van der Waals surface area contributed by atoms with Gasteiger partial charge in [0.1, 0.15) is 0 Å². The maximum atomic E-state index is 6.36. The molecule has 3 fully saturated rings. The fraction of sp³-hybridized carbons (Fsp3) is 1.00. The molecule has 2 aliphatic carbocycles. The van der Waals surface area contributed by atoms with E-state index < -0.39 is 0 Å². The van der Waals surface area contributed by atoms with Crippen molar-refractivity contribution in [1.29, 1.82) is 0 Å². The maximum Gasteiger partial charge on any atom is 0.0334 e. The summed E-state index contributed by atoms with van der Waals surface area (Å²) in [4.78, 5) is 2.93. The molecule has 0 amide bonds. The van der Waals surface area contributed by atoms with E-state index in [0.29, 0.717) is 5.54 Å². The van der Waals surface area contributed by atoms with Crippen LogP contribution in [0.5, 0.6) is 0 Å². The standard InChI is InChI=1S/C18H34N2/c1-15-6-4-11-18(14-19,12-10-15)20-13-5-8-16-7-2-3-9-17(16)20/h15-17H,2-14,19H2,1H3. The van der Waals surface area contributed by atoms with Crippen LogP contribution < -0.4 is 5.73 Å². The van der Waals surface area contributed by atoms with E-state index in [1.807, 2.05) is 0 Å². The van der Waals surface area contributed by atoms with Crippen LogP contribution in [0.15, 0.2) is 0 Å². The SMILES string of the molecule is CC1CCCC(CN)(N2CCCC3CCCCC32)CC1. The zero-order chi connectivity index (χ0) is 14.0. The highest BCUT2D eigenvalue weighted by atomic mass is 15.2. The normalized spacial score (nSPS) is 43.8. The third-order valence-electron chi connectivity index (χ3n) is 6.67. The van der Waals surface area contributed by atoms with Gasteiger partial charge in [-0.2, -0.15) is 0 Å². The lowest BCUT2D eigenvalue weighted by Gasteiger charge is -2.54. The highest BCUT2D eigenvalue weighted by Crippen LogP contribution is 2.43. The monoisotopic (exact) mass is 278 g/mol. The van der Waals surface area contributed by atoms with E-state index in [1.54, 1.807) is 0 Å². The fourth-order valence-corrected chi connectivity index (χ4v) is 5.39. The van der Waals surface area contributed by atoms with Crippen molar-refractivity contribution in [3.63, 3.8) is 0 Å². The molecule has 0 spiro atoms. The van der Waals surface area contributed by atoms with Gasteiger partial charge in [0.05, 0.1) is 0 Å². The highest BCUT2D eigenvalue weighted by molar-refractivity contribution is 5.00. The molecule has 4 atom stereocenters. The van der Waals surface area contributed by atoms with E-state index in [2.05, 4.69) is 11.8 Å². The van der Waals surface area contributed by atoms with Crippen LogP contribution in [-0.2, 0) is 0 Å². The predicted octanol–water partition coefficient (Wildman–Crippen LogP) is 3.94. The van der Waals surface area contributed by atoms with Crippen LogP contribution in [0.2, 0.25) is 0 Å². The molecule has 0 bridgehead atoms. The molecule has 1 heterocycles. The van der Waals surface area contributed by atoms with Crippen molar-refractivity contribution in [1.82, 2.24) is 4.90 Å². The summed E-state index contributed by atoms with van der Waals surface area (Å²) in [5, 5.41) is 0. The van der Waals surface area contributed by atoms with E-state index in [9.17, 15) is 0 Å². The Bertz CT molecular complexity index is 315. The highest BCUT2D eigenvalue weighted by Gasteiger charge is 2.44. The molecular weight excluding hydrogens is 244 g/mol. The number of nitrogens with zero attached hydrogens (tertiary/aromatic N) is 1. The number of piperidine rings is 1. The Morgan fingerprint density at radius 1 is 0.950 bits per heavy atom. The van der Waals surface area contributed by atoms with Gasteiger partial charge in [-0.3, -0.25) is 4.90 Å². The fourth-order valence-electron chi connectivity index (χ4n) is 5.39. The van der Waals surface area contributed by atoms with Crippen LogP contribution in [-0.4, -0.2) is 29.6 Å². The van der Waals surface area contributed by atoms with Gasteiger partial charge < -0.3 is 5.73 Å². The van der Waals surface area contributed by atoms with Crippen LogP contribution in [0.25, 0.3) is 0 Å². The topological polar surface area (TPSA) is 29.3 Å². The lowest BCUT2D eigenvalue weighted by atomic mass is 9.74. The minimum atomic E-state index is 0.353. The maximum absolute atomic E-state index is 6.36. The second kappa shape index (κ2) is 6.36. The molecule has 1 aliphatic heterocycles. The minimum absolute atomic E-state index is 0.353. The summed E-state index contributed by atoms with van der Waals surface area (Å²) in [5.41, 5.74) is 6.72. The summed E-state index contributed by atoms with van der Waals surface area (Å²) < 4.78 is 0. The van der Waals surface area contributed by atoms with Crippen molar-refractivity contribution in [2.24, 2.45) is 17.6 Å². The van der Waals surface area contributed by atoms with Gasteiger partial charge >= 0.3 is 0 Å². The van der Waals surface area contributed by atoms with E-state index in [4.69, 9.17) is 5.73 Å². The molecule has 1 saturated heterocycles. The number of hydrogen-bond acceptors (Lipinski definition) is 2. The largest absolute Gasteiger partial charge is 0.329 e. The number of nitrogens with two attached hydrogens (primary N) is 1. The summed E-state index contributed by atoms with van der Waals surface area (Å²) in [6, 6.07) is 0.870. The summed E-state index contributed by atoms with van der Waals surface area (Å²) >= 11 is 0. The van der Waals surface area contributed by atoms with Gasteiger partial charge in [0.15, 0.2) is 0 Å². The average Bonchev–Trinajstić information content (AvgIpc) is 2.69. The first-order valence-corrected chi connectivity index (χ1v) is 9.22. The Hall–Kier alpha value is -0.0800. The van der Waals surface area contributed by atoms with Gasteiger partial charge in [-0.05, 0) is 63.3 Å².